The predicted molar refractivity (Wildman–Crippen MR) is 107 cm³/mol. The Morgan fingerprint density at radius 2 is 1.54 bits per heavy atom. The van der Waals surface area contributed by atoms with Gasteiger partial charge in [-0.1, -0.05) is 0 Å². The standard InChI is InChI=1S/C21H31N3O4/c1-27-16-15-22-9-7-18(8-10-22)21(26)24-13-11-23(12-14-24)20(25)17-3-5-19(28-2)6-4-17/h3-6,18H,7-16H2,1-2H3. The van der Waals surface area contributed by atoms with Crippen LogP contribution in [0.25, 0.3) is 0 Å². The minimum absolute atomic E-state index is 0.0150. The van der Waals surface area contributed by atoms with Gasteiger partial charge in [-0.25, -0.2) is 0 Å². The van der Waals surface area contributed by atoms with Crippen molar-refractivity contribution in [2.75, 3.05) is 66.6 Å². The number of benzene rings is 1. The molecule has 2 heterocycles. The van der Waals surface area contributed by atoms with E-state index in [-0.39, 0.29) is 17.7 Å². The largest absolute Gasteiger partial charge is 0.497 e. The van der Waals surface area contributed by atoms with E-state index >= 15 is 0 Å². The van der Waals surface area contributed by atoms with E-state index in [9.17, 15) is 9.59 Å². The molecule has 0 bridgehead atoms. The van der Waals surface area contributed by atoms with Crippen LogP contribution in [0.4, 0.5) is 0 Å². The molecule has 0 unspecified atom stereocenters. The summed E-state index contributed by atoms with van der Waals surface area (Å²) >= 11 is 0. The van der Waals surface area contributed by atoms with Crippen molar-refractivity contribution in [3.8, 4) is 5.75 Å². The van der Waals surface area contributed by atoms with Gasteiger partial charge in [0.05, 0.1) is 13.7 Å². The lowest BCUT2D eigenvalue weighted by Gasteiger charge is -2.38. The number of amides is 2. The molecule has 2 aliphatic rings. The average molecular weight is 389 g/mol. The lowest BCUT2D eigenvalue weighted by Crippen LogP contribution is -2.53. The van der Waals surface area contributed by atoms with Gasteiger partial charge in [0.15, 0.2) is 0 Å². The normalized spacial score (nSPS) is 18.9. The molecular formula is C21H31N3O4. The van der Waals surface area contributed by atoms with Crippen molar-refractivity contribution in [2.45, 2.75) is 12.8 Å². The van der Waals surface area contributed by atoms with Crippen LogP contribution in [0.3, 0.4) is 0 Å². The van der Waals surface area contributed by atoms with E-state index in [1.807, 2.05) is 9.80 Å². The molecule has 1 aromatic rings. The summed E-state index contributed by atoms with van der Waals surface area (Å²) < 4.78 is 10.3. The number of rotatable bonds is 6. The Balaban J connectivity index is 1.45. The summed E-state index contributed by atoms with van der Waals surface area (Å²) in [5.41, 5.74) is 0.656. The Kier molecular flexibility index (Phi) is 7.28. The molecule has 0 atom stereocenters. The number of methoxy groups -OCH3 is 2. The second-order valence-electron chi connectivity index (χ2n) is 7.45. The van der Waals surface area contributed by atoms with E-state index in [1.165, 1.54) is 0 Å². The van der Waals surface area contributed by atoms with Crippen molar-refractivity contribution < 1.29 is 19.1 Å². The molecule has 154 valence electrons. The highest BCUT2D eigenvalue weighted by molar-refractivity contribution is 5.94. The molecule has 0 aliphatic carbocycles. The van der Waals surface area contributed by atoms with Gasteiger partial charge in [-0.3, -0.25) is 9.59 Å². The molecular weight excluding hydrogens is 358 g/mol. The van der Waals surface area contributed by atoms with Crippen molar-refractivity contribution >= 4 is 11.8 Å². The minimum atomic E-state index is 0.0150. The van der Waals surface area contributed by atoms with Crippen LogP contribution in [-0.2, 0) is 9.53 Å². The van der Waals surface area contributed by atoms with Crippen LogP contribution in [0.2, 0.25) is 0 Å². The Labute approximate surface area is 167 Å². The molecule has 2 fully saturated rings. The molecule has 0 radical (unpaired) electrons. The van der Waals surface area contributed by atoms with Gasteiger partial charge in [-0.15, -0.1) is 0 Å². The summed E-state index contributed by atoms with van der Waals surface area (Å²) in [5.74, 6) is 1.12. The summed E-state index contributed by atoms with van der Waals surface area (Å²) in [7, 11) is 3.33. The monoisotopic (exact) mass is 389 g/mol. The lowest BCUT2D eigenvalue weighted by atomic mass is 9.95. The fourth-order valence-electron chi connectivity index (χ4n) is 3.93. The maximum absolute atomic E-state index is 12.9. The minimum Gasteiger partial charge on any atom is -0.497 e. The predicted octanol–water partition coefficient (Wildman–Crippen LogP) is 1.34. The van der Waals surface area contributed by atoms with E-state index < -0.39 is 0 Å². The van der Waals surface area contributed by atoms with Gasteiger partial charge in [0.1, 0.15) is 5.75 Å². The number of carbonyl (C=O) groups is 2. The van der Waals surface area contributed by atoms with Gasteiger partial charge < -0.3 is 24.2 Å². The number of carbonyl (C=O) groups excluding carboxylic acids is 2. The van der Waals surface area contributed by atoms with Gasteiger partial charge in [-0.2, -0.15) is 0 Å². The van der Waals surface area contributed by atoms with E-state index in [1.54, 1.807) is 38.5 Å². The van der Waals surface area contributed by atoms with Gasteiger partial charge in [0.25, 0.3) is 5.91 Å². The average Bonchev–Trinajstić information content (AvgIpc) is 2.77. The van der Waals surface area contributed by atoms with Crippen LogP contribution >= 0.6 is 0 Å². The molecule has 0 N–H and O–H groups in total. The van der Waals surface area contributed by atoms with E-state index in [0.29, 0.717) is 31.7 Å². The zero-order valence-electron chi connectivity index (χ0n) is 16.9. The maximum atomic E-state index is 12.9. The lowest BCUT2D eigenvalue weighted by molar-refractivity contribution is -0.138. The van der Waals surface area contributed by atoms with Gasteiger partial charge in [0.2, 0.25) is 5.91 Å². The highest BCUT2D eigenvalue weighted by Gasteiger charge is 2.31. The molecule has 0 spiro atoms. The van der Waals surface area contributed by atoms with E-state index in [0.717, 1.165) is 44.8 Å². The Hall–Kier alpha value is -2.12. The first-order valence-corrected chi connectivity index (χ1v) is 10.1. The molecule has 7 nitrogen and oxygen atoms in total. The summed E-state index contributed by atoms with van der Waals surface area (Å²) in [5, 5.41) is 0. The van der Waals surface area contributed by atoms with Gasteiger partial charge >= 0.3 is 0 Å². The van der Waals surface area contributed by atoms with Crippen LogP contribution in [-0.4, -0.2) is 93.2 Å². The topological polar surface area (TPSA) is 62.3 Å². The van der Waals surface area contributed by atoms with Gasteiger partial charge in [0, 0.05) is 51.3 Å². The third kappa shape index (κ3) is 5.02. The SMILES string of the molecule is COCCN1CCC(C(=O)N2CCN(C(=O)c3ccc(OC)cc3)CC2)CC1. The number of piperidine rings is 1. The molecule has 7 heteroatoms. The van der Waals surface area contributed by atoms with E-state index in [4.69, 9.17) is 9.47 Å². The fourth-order valence-corrected chi connectivity index (χ4v) is 3.93. The number of ether oxygens (including phenoxy) is 2. The van der Waals surface area contributed by atoms with Gasteiger partial charge in [-0.05, 0) is 50.2 Å². The molecule has 2 saturated heterocycles. The van der Waals surface area contributed by atoms with Crippen LogP contribution in [0.5, 0.6) is 5.75 Å². The van der Waals surface area contributed by atoms with Crippen LogP contribution in [0.15, 0.2) is 24.3 Å². The van der Waals surface area contributed by atoms with Crippen molar-refractivity contribution in [1.82, 2.24) is 14.7 Å². The Morgan fingerprint density at radius 3 is 2.11 bits per heavy atom. The first-order chi connectivity index (χ1) is 13.6. The maximum Gasteiger partial charge on any atom is 0.253 e. The fraction of sp³-hybridized carbons (Fsp3) is 0.619. The molecule has 0 saturated carbocycles. The molecule has 28 heavy (non-hydrogen) atoms. The Morgan fingerprint density at radius 1 is 0.929 bits per heavy atom. The molecule has 1 aromatic carbocycles. The van der Waals surface area contributed by atoms with Crippen LogP contribution in [0.1, 0.15) is 23.2 Å². The summed E-state index contributed by atoms with van der Waals surface area (Å²) in [6.45, 7) is 5.99. The molecule has 2 amide bonds. The van der Waals surface area contributed by atoms with Crippen molar-refractivity contribution in [3.63, 3.8) is 0 Å². The van der Waals surface area contributed by atoms with Crippen molar-refractivity contribution in [2.24, 2.45) is 5.92 Å². The third-order valence-electron chi connectivity index (χ3n) is 5.76. The number of likely N-dealkylation sites (tertiary alicyclic amines) is 1. The summed E-state index contributed by atoms with van der Waals surface area (Å²) in [6.07, 6.45) is 1.82. The van der Waals surface area contributed by atoms with Crippen molar-refractivity contribution in [3.05, 3.63) is 29.8 Å². The third-order valence-corrected chi connectivity index (χ3v) is 5.76. The summed E-state index contributed by atoms with van der Waals surface area (Å²) in [4.78, 5) is 31.7. The van der Waals surface area contributed by atoms with E-state index in [2.05, 4.69) is 4.90 Å². The second kappa shape index (κ2) is 9.89. The number of hydrogen-bond acceptors (Lipinski definition) is 5. The molecule has 2 aliphatic heterocycles. The second-order valence-corrected chi connectivity index (χ2v) is 7.45. The van der Waals surface area contributed by atoms with Crippen LogP contribution < -0.4 is 4.74 Å². The number of hydrogen-bond donors (Lipinski definition) is 0. The zero-order valence-corrected chi connectivity index (χ0v) is 16.9. The smallest absolute Gasteiger partial charge is 0.253 e. The zero-order chi connectivity index (χ0) is 19.9. The molecule has 0 aromatic heterocycles. The first kappa shape index (κ1) is 20.6. The number of piperazine rings is 1. The summed E-state index contributed by atoms with van der Waals surface area (Å²) in [6, 6.07) is 7.17. The number of nitrogens with zero attached hydrogens (tertiary/aromatic N) is 3. The Bertz CT molecular complexity index is 648. The first-order valence-electron chi connectivity index (χ1n) is 10.1. The van der Waals surface area contributed by atoms with Crippen LogP contribution in [0, 0.1) is 5.92 Å². The highest BCUT2D eigenvalue weighted by atomic mass is 16.5. The molecule has 3 rings (SSSR count). The quantitative estimate of drug-likeness (QED) is 0.735. The highest BCUT2D eigenvalue weighted by Crippen LogP contribution is 2.21. The van der Waals surface area contributed by atoms with Crippen molar-refractivity contribution in [1.29, 1.82) is 0 Å².